The molecule has 3 rings (SSSR count). The normalized spacial score (nSPS) is 19.5. The zero-order valence-corrected chi connectivity index (χ0v) is 10.2. The van der Waals surface area contributed by atoms with Gasteiger partial charge in [-0.3, -0.25) is 4.68 Å². The average molecular weight is 256 g/mol. The quantitative estimate of drug-likeness (QED) is 0.893. The van der Waals surface area contributed by atoms with Gasteiger partial charge >= 0.3 is 0 Å². The van der Waals surface area contributed by atoms with Crippen LogP contribution >= 0.6 is 12.4 Å². The Morgan fingerprint density at radius 1 is 1.47 bits per heavy atom. The van der Waals surface area contributed by atoms with Gasteiger partial charge in [-0.15, -0.1) is 12.4 Å². The Labute approximate surface area is 105 Å². The topological polar surface area (TPSA) is 29.9 Å². The number of aromatic nitrogens is 2. The van der Waals surface area contributed by atoms with Crippen molar-refractivity contribution in [3.63, 3.8) is 0 Å². The van der Waals surface area contributed by atoms with E-state index in [1.807, 2.05) is 4.68 Å². The number of nitrogens with one attached hydrogen (secondary N) is 1. The van der Waals surface area contributed by atoms with Crippen LogP contribution in [0.15, 0.2) is 24.4 Å². The molecule has 2 aromatic rings. The number of hydrogen-bond acceptors (Lipinski definition) is 2. The van der Waals surface area contributed by atoms with E-state index >= 15 is 0 Å². The number of halogens is 2. The van der Waals surface area contributed by atoms with Crippen LogP contribution in [0.2, 0.25) is 0 Å². The molecule has 3 nitrogen and oxygen atoms in total. The van der Waals surface area contributed by atoms with Crippen LogP contribution in [-0.2, 0) is 6.54 Å². The van der Waals surface area contributed by atoms with Gasteiger partial charge in [0.15, 0.2) is 0 Å². The van der Waals surface area contributed by atoms with Gasteiger partial charge in [-0.25, -0.2) is 4.39 Å². The smallest absolute Gasteiger partial charge is 0.125 e. The minimum atomic E-state index is -0.200. The summed E-state index contributed by atoms with van der Waals surface area (Å²) in [6.45, 7) is 1.91. The first kappa shape index (κ1) is 12.3. The molecular formula is C12H15ClFN3. The van der Waals surface area contributed by atoms with E-state index < -0.39 is 0 Å². The second kappa shape index (κ2) is 5.02. The van der Waals surface area contributed by atoms with Gasteiger partial charge in [-0.1, -0.05) is 0 Å². The van der Waals surface area contributed by atoms with Crippen LogP contribution in [0.4, 0.5) is 4.39 Å². The third-order valence-corrected chi connectivity index (χ3v) is 3.16. The van der Waals surface area contributed by atoms with Crippen LogP contribution in [0.1, 0.15) is 12.8 Å². The van der Waals surface area contributed by atoms with Gasteiger partial charge in [-0.2, -0.15) is 5.10 Å². The Bertz CT molecular complexity index is 505. The van der Waals surface area contributed by atoms with E-state index in [2.05, 4.69) is 10.4 Å². The molecule has 1 N–H and O–H groups in total. The van der Waals surface area contributed by atoms with E-state index in [-0.39, 0.29) is 18.2 Å². The van der Waals surface area contributed by atoms with Gasteiger partial charge in [0, 0.05) is 11.4 Å². The van der Waals surface area contributed by atoms with Crippen LogP contribution in [0.3, 0.4) is 0 Å². The lowest BCUT2D eigenvalue weighted by molar-refractivity contribution is 0.485. The van der Waals surface area contributed by atoms with Crippen molar-refractivity contribution in [2.75, 3.05) is 6.54 Å². The summed E-state index contributed by atoms with van der Waals surface area (Å²) >= 11 is 0. The lowest BCUT2D eigenvalue weighted by Gasteiger charge is -2.10. The molecule has 1 aromatic heterocycles. The highest BCUT2D eigenvalue weighted by Crippen LogP contribution is 2.16. The van der Waals surface area contributed by atoms with Gasteiger partial charge < -0.3 is 5.32 Å². The average Bonchev–Trinajstić information content (AvgIpc) is 2.90. The first-order valence-electron chi connectivity index (χ1n) is 5.67. The molecule has 1 saturated heterocycles. The number of benzene rings is 1. The summed E-state index contributed by atoms with van der Waals surface area (Å²) in [6, 6.07) is 5.28. The van der Waals surface area contributed by atoms with Crippen molar-refractivity contribution in [2.45, 2.75) is 25.4 Å². The van der Waals surface area contributed by atoms with Crippen LogP contribution in [-0.4, -0.2) is 22.4 Å². The molecule has 0 radical (unpaired) electrons. The molecule has 2 heterocycles. The first-order valence-corrected chi connectivity index (χ1v) is 5.67. The summed E-state index contributed by atoms with van der Waals surface area (Å²) in [7, 11) is 0. The fourth-order valence-corrected chi connectivity index (χ4v) is 2.31. The summed E-state index contributed by atoms with van der Waals surface area (Å²) in [4.78, 5) is 0. The Hall–Kier alpha value is -1.13. The highest BCUT2D eigenvalue weighted by Gasteiger charge is 2.15. The van der Waals surface area contributed by atoms with Crippen molar-refractivity contribution in [3.05, 3.63) is 30.2 Å². The predicted molar refractivity (Wildman–Crippen MR) is 68.0 cm³/mol. The molecular weight excluding hydrogens is 241 g/mol. The third kappa shape index (κ3) is 2.42. The number of nitrogens with zero attached hydrogens (tertiary/aromatic N) is 2. The van der Waals surface area contributed by atoms with Crippen LogP contribution in [0.25, 0.3) is 10.9 Å². The highest BCUT2D eigenvalue weighted by atomic mass is 35.5. The minimum Gasteiger partial charge on any atom is -0.312 e. The fourth-order valence-electron chi connectivity index (χ4n) is 2.31. The van der Waals surface area contributed by atoms with Crippen molar-refractivity contribution in [3.8, 4) is 0 Å². The zero-order valence-electron chi connectivity index (χ0n) is 9.40. The largest absolute Gasteiger partial charge is 0.312 e. The highest BCUT2D eigenvalue weighted by molar-refractivity contribution is 5.85. The molecule has 5 heteroatoms. The molecule has 0 spiro atoms. The molecule has 0 amide bonds. The van der Waals surface area contributed by atoms with E-state index in [9.17, 15) is 4.39 Å². The Balaban J connectivity index is 0.00000108. The molecule has 1 atom stereocenters. The van der Waals surface area contributed by atoms with Crippen molar-refractivity contribution in [1.82, 2.24) is 15.1 Å². The Morgan fingerprint density at radius 3 is 3.12 bits per heavy atom. The zero-order chi connectivity index (χ0) is 11.0. The van der Waals surface area contributed by atoms with Crippen molar-refractivity contribution in [2.24, 2.45) is 0 Å². The fraction of sp³-hybridized carbons (Fsp3) is 0.417. The van der Waals surface area contributed by atoms with E-state index in [1.54, 1.807) is 18.3 Å². The molecule has 0 bridgehead atoms. The maximum atomic E-state index is 13.2. The summed E-state index contributed by atoms with van der Waals surface area (Å²) in [5.74, 6) is -0.200. The summed E-state index contributed by atoms with van der Waals surface area (Å²) in [5.41, 5.74) is 0.883. The second-order valence-electron chi connectivity index (χ2n) is 4.32. The van der Waals surface area contributed by atoms with E-state index in [1.165, 1.54) is 18.9 Å². The van der Waals surface area contributed by atoms with Gasteiger partial charge in [-0.05, 0) is 37.6 Å². The predicted octanol–water partition coefficient (Wildman–Crippen LogP) is 2.35. The van der Waals surface area contributed by atoms with Crippen LogP contribution in [0, 0.1) is 5.82 Å². The van der Waals surface area contributed by atoms with Gasteiger partial charge in [0.05, 0.1) is 18.3 Å². The summed E-state index contributed by atoms with van der Waals surface area (Å²) in [5, 5.41) is 8.73. The Kier molecular flexibility index (Phi) is 3.64. The van der Waals surface area contributed by atoms with Crippen molar-refractivity contribution < 1.29 is 4.39 Å². The first-order chi connectivity index (χ1) is 7.83. The van der Waals surface area contributed by atoms with Gasteiger partial charge in [0.2, 0.25) is 0 Å². The minimum absolute atomic E-state index is 0. The maximum Gasteiger partial charge on any atom is 0.125 e. The Morgan fingerprint density at radius 2 is 2.35 bits per heavy atom. The van der Waals surface area contributed by atoms with E-state index in [0.29, 0.717) is 6.04 Å². The number of fused-ring (bicyclic) bond motifs is 1. The van der Waals surface area contributed by atoms with E-state index in [4.69, 9.17) is 0 Å². The molecule has 1 fully saturated rings. The SMILES string of the molecule is Cl.Fc1ccc2cnn(C[C@@H]3CCCN3)c2c1. The van der Waals surface area contributed by atoms with Crippen molar-refractivity contribution in [1.29, 1.82) is 0 Å². The molecule has 1 aromatic carbocycles. The van der Waals surface area contributed by atoms with E-state index in [0.717, 1.165) is 24.0 Å². The summed E-state index contributed by atoms with van der Waals surface area (Å²) < 4.78 is 15.0. The maximum absolute atomic E-state index is 13.2. The van der Waals surface area contributed by atoms with Crippen molar-refractivity contribution >= 4 is 23.3 Å². The lowest BCUT2D eigenvalue weighted by Crippen LogP contribution is -2.27. The molecule has 0 unspecified atom stereocenters. The second-order valence-corrected chi connectivity index (χ2v) is 4.32. The van der Waals surface area contributed by atoms with Crippen LogP contribution < -0.4 is 5.32 Å². The van der Waals surface area contributed by atoms with Gasteiger partial charge in [0.25, 0.3) is 0 Å². The number of hydrogen-bond donors (Lipinski definition) is 1. The molecule has 92 valence electrons. The molecule has 1 aliphatic heterocycles. The molecule has 0 aliphatic carbocycles. The monoisotopic (exact) mass is 255 g/mol. The lowest BCUT2D eigenvalue weighted by atomic mass is 10.2. The molecule has 0 saturated carbocycles. The van der Waals surface area contributed by atoms with Crippen LogP contribution in [0.5, 0.6) is 0 Å². The molecule has 1 aliphatic rings. The van der Waals surface area contributed by atoms with Gasteiger partial charge in [0.1, 0.15) is 5.82 Å². The summed E-state index contributed by atoms with van der Waals surface area (Å²) in [6.07, 6.45) is 4.19. The third-order valence-electron chi connectivity index (χ3n) is 3.16. The number of rotatable bonds is 2. The molecule has 17 heavy (non-hydrogen) atoms. The standard InChI is InChI=1S/C12H14FN3.ClH/c13-10-4-3-9-7-15-16(12(9)6-10)8-11-2-1-5-14-11;/h3-4,6-7,11,14H,1-2,5,8H2;1H/t11-;/m0./s1.